The average Bonchev–Trinajstić information content (AvgIpc) is 2.59. The molecular weight excluding hydrogens is 210 g/mol. The van der Waals surface area contributed by atoms with E-state index < -0.39 is 5.97 Å². The summed E-state index contributed by atoms with van der Waals surface area (Å²) in [6.45, 7) is 3.92. The lowest BCUT2D eigenvalue weighted by atomic mass is 10.1. The van der Waals surface area contributed by atoms with Gasteiger partial charge in [-0.15, -0.1) is 11.3 Å². The number of thiophene rings is 1. The molecule has 0 radical (unpaired) electrons. The van der Waals surface area contributed by atoms with E-state index in [0.717, 1.165) is 4.88 Å². The van der Waals surface area contributed by atoms with E-state index in [1.807, 2.05) is 13.8 Å². The van der Waals surface area contributed by atoms with Gasteiger partial charge in [0.2, 0.25) is 0 Å². The number of nitrogens with zero attached hydrogens (tertiary/aromatic N) is 1. The number of carbonyl (C=O) groups is 1. The van der Waals surface area contributed by atoms with Crippen LogP contribution in [0.25, 0.3) is 0 Å². The standard InChI is InChI=1S/C11H11NO2S/c1-11(2)8(9(11)10(13)14)7-3-6(4-12)5-15-7/h3,5,8-9H,1-2H3,(H,13,14). The molecule has 1 saturated carbocycles. The van der Waals surface area contributed by atoms with Crippen LogP contribution in [0.5, 0.6) is 0 Å². The summed E-state index contributed by atoms with van der Waals surface area (Å²) in [5.41, 5.74) is 0.450. The molecule has 1 aromatic heterocycles. The quantitative estimate of drug-likeness (QED) is 0.834. The molecule has 0 aromatic carbocycles. The highest BCUT2D eigenvalue weighted by Gasteiger charge is 2.63. The Labute approximate surface area is 92.0 Å². The minimum absolute atomic E-state index is 0.0714. The van der Waals surface area contributed by atoms with Gasteiger partial charge in [-0.2, -0.15) is 5.26 Å². The fourth-order valence-electron chi connectivity index (χ4n) is 2.20. The molecule has 0 spiro atoms. The van der Waals surface area contributed by atoms with E-state index in [1.54, 1.807) is 11.4 Å². The van der Waals surface area contributed by atoms with Gasteiger partial charge in [0, 0.05) is 16.2 Å². The van der Waals surface area contributed by atoms with Gasteiger partial charge in [-0.1, -0.05) is 13.8 Å². The van der Waals surface area contributed by atoms with Crippen molar-refractivity contribution in [2.75, 3.05) is 0 Å². The lowest BCUT2D eigenvalue weighted by Gasteiger charge is -1.97. The summed E-state index contributed by atoms with van der Waals surface area (Å²) in [5.74, 6) is -0.971. The first-order valence-corrected chi connectivity index (χ1v) is 5.57. The molecule has 15 heavy (non-hydrogen) atoms. The molecule has 2 atom stereocenters. The largest absolute Gasteiger partial charge is 0.481 e. The van der Waals surface area contributed by atoms with Crippen molar-refractivity contribution in [1.29, 1.82) is 5.26 Å². The molecule has 0 bridgehead atoms. The molecule has 1 fully saturated rings. The molecular formula is C11H11NO2S. The van der Waals surface area contributed by atoms with E-state index in [0.29, 0.717) is 5.56 Å². The van der Waals surface area contributed by atoms with Crippen molar-refractivity contribution >= 4 is 17.3 Å². The number of carboxylic acid groups (broad SMARTS) is 1. The zero-order valence-corrected chi connectivity index (χ0v) is 9.34. The Kier molecular flexibility index (Phi) is 2.09. The van der Waals surface area contributed by atoms with Gasteiger partial charge < -0.3 is 5.11 Å². The van der Waals surface area contributed by atoms with E-state index in [9.17, 15) is 4.79 Å². The number of hydrogen-bond donors (Lipinski definition) is 1. The maximum Gasteiger partial charge on any atom is 0.307 e. The van der Waals surface area contributed by atoms with Crippen molar-refractivity contribution in [3.63, 3.8) is 0 Å². The summed E-state index contributed by atoms with van der Waals surface area (Å²) < 4.78 is 0. The normalized spacial score (nSPS) is 27.0. The first kappa shape index (κ1) is 10.2. The van der Waals surface area contributed by atoms with Crippen molar-refractivity contribution in [1.82, 2.24) is 0 Å². The molecule has 1 heterocycles. The maximum absolute atomic E-state index is 11.0. The summed E-state index contributed by atoms with van der Waals surface area (Å²) in [5, 5.41) is 19.5. The molecule has 2 unspecified atom stereocenters. The Morgan fingerprint density at radius 2 is 2.33 bits per heavy atom. The van der Waals surface area contributed by atoms with Crippen LogP contribution in [-0.4, -0.2) is 11.1 Å². The highest BCUT2D eigenvalue weighted by molar-refractivity contribution is 7.10. The molecule has 0 aliphatic heterocycles. The van der Waals surface area contributed by atoms with Crippen molar-refractivity contribution in [2.45, 2.75) is 19.8 Å². The Hall–Kier alpha value is -1.34. The average molecular weight is 221 g/mol. The second-order valence-corrected chi connectivity index (χ2v) is 5.41. The van der Waals surface area contributed by atoms with Gasteiger partial charge in [-0.25, -0.2) is 0 Å². The minimum Gasteiger partial charge on any atom is -0.481 e. The Balaban J connectivity index is 2.28. The van der Waals surface area contributed by atoms with Crippen LogP contribution in [0.1, 0.15) is 30.2 Å². The lowest BCUT2D eigenvalue weighted by molar-refractivity contribution is -0.139. The number of hydrogen-bond acceptors (Lipinski definition) is 3. The summed E-state index contributed by atoms with van der Waals surface area (Å²) in [6.07, 6.45) is 0. The van der Waals surface area contributed by atoms with Gasteiger partial charge in [0.1, 0.15) is 6.07 Å². The van der Waals surface area contributed by atoms with Gasteiger partial charge in [0.05, 0.1) is 11.5 Å². The Morgan fingerprint density at radius 1 is 1.67 bits per heavy atom. The molecule has 2 rings (SSSR count). The molecule has 1 aromatic rings. The third-order valence-electron chi connectivity index (χ3n) is 3.15. The fourth-order valence-corrected chi connectivity index (χ4v) is 3.37. The van der Waals surface area contributed by atoms with Crippen LogP contribution in [0.4, 0.5) is 0 Å². The third-order valence-corrected chi connectivity index (χ3v) is 4.16. The zero-order valence-electron chi connectivity index (χ0n) is 8.52. The van der Waals surface area contributed by atoms with E-state index >= 15 is 0 Å². The van der Waals surface area contributed by atoms with Gasteiger partial charge in [-0.05, 0) is 11.5 Å². The third kappa shape index (κ3) is 1.44. The van der Waals surface area contributed by atoms with Crippen molar-refractivity contribution < 1.29 is 9.90 Å². The molecule has 1 aliphatic carbocycles. The minimum atomic E-state index is -0.739. The molecule has 4 heteroatoms. The molecule has 3 nitrogen and oxygen atoms in total. The second kappa shape index (κ2) is 3.07. The Morgan fingerprint density at radius 3 is 2.73 bits per heavy atom. The summed E-state index contributed by atoms with van der Waals surface area (Å²) in [7, 11) is 0. The van der Waals surface area contributed by atoms with Crippen LogP contribution in [0.15, 0.2) is 11.4 Å². The molecule has 0 saturated heterocycles. The van der Waals surface area contributed by atoms with Gasteiger partial charge >= 0.3 is 5.97 Å². The van der Waals surface area contributed by atoms with Gasteiger partial charge in [-0.3, -0.25) is 4.79 Å². The van der Waals surface area contributed by atoms with Crippen molar-refractivity contribution in [2.24, 2.45) is 11.3 Å². The van der Waals surface area contributed by atoms with Crippen LogP contribution < -0.4 is 0 Å². The van der Waals surface area contributed by atoms with E-state index in [1.165, 1.54) is 11.3 Å². The predicted octanol–water partition coefficient (Wildman–Crippen LogP) is 2.44. The first-order chi connectivity index (χ1) is 6.98. The number of nitriles is 1. The molecule has 78 valence electrons. The van der Waals surface area contributed by atoms with Crippen molar-refractivity contribution in [3.8, 4) is 6.07 Å². The smallest absolute Gasteiger partial charge is 0.307 e. The lowest BCUT2D eigenvalue weighted by Crippen LogP contribution is -2.02. The van der Waals surface area contributed by atoms with E-state index in [-0.39, 0.29) is 17.3 Å². The van der Waals surface area contributed by atoms with E-state index in [2.05, 4.69) is 6.07 Å². The predicted molar refractivity (Wildman–Crippen MR) is 56.7 cm³/mol. The number of aliphatic carboxylic acids is 1. The van der Waals surface area contributed by atoms with Crippen LogP contribution >= 0.6 is 11.3 Å². The summed E-state index contributed by atoms with van der Waals surface area (Å²) >= 11 is 1.48. The summed E-state index contributed by atoms with van der Waals surface area (Å²) in [6, 6.07) is 3.87. The highest BCUT2D eigenvalue weighted by atomic mass is 32.1. The summed E-state index contributed by atoms with van der Waals surface area (Å²) in [4.78, 5) is 12.0. The number of rotatable bonds is 2. The fraction of sp³-hybridized carbons (Fsp3) is 0.455. The Bertz CT molecular complexity index is 455. The van der Waals surface area contributed by atoms with Gasteiger partial charge in [0.25, 0.3) is 0 Å². The monoisotopic (exact) mass is 221 g/mol. The van der Waals surface area contributed by atoms with Crippen LogP contribution in [0.2, 0.25) is 0 Å². The second-order valence-electron chi connectivity index (χ2n) is 4.46. The molecule has 1 N–H and O–H groups in total. The highest BCUT2D eigenvalue weighted by Crippen LogP contribution is 2.65. The van der Waals surface area contributed by atoms with Crippen LogP contribution in [0, 0.1) is 22.7 Å². The van der Waals surface area contributed by atoms with Crippen LogP contribution in [-0.2, 0) is 4.79 Å². The maximum atomic E-state index is 11.0. The SMILES string of the molecule is CC1(C)C(C(=O)O)C1c1cc(C#N)cs1. The molecule has 1 aliphatic rings. The van der Waals surface area contributed by atoms with Crippen LogP contribution in [0.3, 0.4) is 0 Å². The van der Waals surface area contributed by atoms with Crippen molar-refractivity contribution in [3.05, 3.63) is 21.9 Å². The zero-order chi connectivity index (χ0) is 11.2. The first-order valence-electron chi connectivity index (χ1n) is 4.70. The number of carboxylic acids is 1. The topological polar surface area (TPSA) is 61.1 Å². The van der Waals surface area contributed by atoms with E-state index in [4.69, 9.17) is 10.4 Å². The molecule has 0 amide bonds. The van der Waals surface area contributed by atoms with Gasteiger partial charge in [0.15, 0.2) is 0 Å².